The van der Waals surface area contributed by atoms with E-state index >= 15 is 0 Å². The number of hydrogen-bond acceptors (Lipinski definition) is 8. The molecule has 0 saturated carbocycles. The molecular formula is C18H23N7O3S. The second kappa shape index (κ2) is 9.54. The van der Waals surface area contributed by atoms with Crippen LogP contribution in [0.3, 0.4) is 0 Å². The second-order valence-electron chi connectivity index (χ2n) is 6.17. The van der Waals surface area contributed by atoms with E-state index in [9.17, 15) is 8.42 Å². The Morgan fingerprint density at radius 2 is 2.03 bits per heavy atom. The van der Waals surface area contributed by atoms with Gasteiger partial charge in [0.25, 0.3) is 0 Å². The molecule has 0 aliphatic carbocycles. The molecule has 154 valence electrons. The van der Waals surface area contributed by atoms with Gasteiger partial charge in [0, 0.05) is 37.8 Å². The monoisotopic (exact) mass is 417 g/mol. The standard InChI is InChI=1S/C18H23N7O3S/c1-3-28-8-9-29(26,27)22-12-15-5-4-14(10-20-15)17-6-7-19-18(24-17)23-16-11-21-25(2)13-16/h4-7,10-11,13,22H,3,8-9,12H2,1-2H3,(H,19,23,24). The third-order valence-corrected chi connectivity index (χ3v) is 5.20. The van der Waals surface area contributed by atoms with Crippen LogP contribution in [0.4, 0.5) is 11.6 Å². The molecule has 0 radical (unpaired) electrons. The maximum absolute atomic E-state index is 11.9. The van der Waals surface area contributed by atoms with E-state index in [0.717, 1.165) is 11.3 Å². The number of sulfonamides is 1. The zero-order valence-corrected chi connectivity index (χ0v) is 17.1. The minimum Gasteiger partial charge on any atom is -0.381 e. The van der Waals surface area contributed by atoms with Crippen molar-refractivity contribution in [2.75, 3.05) is 24.3 Å². The van der Waals surface area contributed by atoms with Gasteiger partial charge in [-0.2, -0.15) is 5.10 Å². The Kier molecular flexibility index (Phi) is 6.86. The molecule has 11 heteroatoms. The Morgan fingerprint density at radius 1 is 1.17 bits per heavy atom. The molecule has 0 fully saturated rings. The molecule has 0 amide bonds. The number of aromatic nitrogens is 5. The van der Waals surface area contributed by atoms with Gasteiger partial charge < -0.3 is 10.1 Å². The molecule has 0 saturated heterocycles. The normalized spacial score (nSPS) is 11.5. The van der Waals surface area contributed by atoms with Crippen molar-refractivity contribution in [3.05, 3.63) is 48.7 Å². The molecule has 3 aromatic heterocycles. The van der Waals surface area contributed by atoms with Gasteiger partial charge >= 0.3 is 0 Å². The van der Waals surface area contributed by atoms with Crippen molar-refractivity contribution in [3.8, 4) is 11.3 Å². The number of hydrogen-bond donors (Lipinski definition) is 2. The molecule has 0 aliphatic heterocycles. The molecule has 3 rings (SSSR count). The number of rotatable bonds is 10. The van der Waals surface area contributed by atoms with Gasteiger partial charge in [0.15, 0.2) is 0 Å². The fraction of sp³-hybridized carbons (Fsp3) is 0.333. The van der Waals surface area contributed by atoms with E-state index in [0.29, 0.717) is 23.9 Å². The van der Waals surface area contributed by atoms with Crippen molar-refractivity contribution < 1.29 is 13.2 Å². The maximum Gasteiger partial charge on any atom is 0.227 e. The summed E-state index contributed by atoms with van der Waals surface area (Å²) in [4.78, 5) is 13.0. The van der Waals surface area contributed by atoms with Crippen LogP contribution in [0.25, 0.3) is 11.3 Å². The average molecular weight is 417 g/mol. The van der Waals surface area contributed by atoms with Crippen molar-refractivity contribution in [2.45, 2.75) is 13.5 Å². The first-order valence-electron chi connectivity index (χ1n) is 9.04. The predicted molar refractivity (Wildman–Crippen MR) is 109 cm³/mol. The second-order valence-corrected chi connectivity index (χ2v) is 8.09. The average Bonchev–Trinajstić information content (AvgIpc) is 3.12. The molecular weight excluding hydrogens is 394 g/mol. The highest BCUT2D eigenvalue weighted by atomic mass is 32.2. The smallest absolute Gasteiger partial charge is 0.227 e. The highest BCUT2D eigenvalue weighted by molar-refractivity contribution is 7.89. The molecule has 0 unspecified atom stereocenters. The zero-order chi connectivity index (χ0) is 20.7. The number of nitrogens with one attached hydrogen (secondary N) is 2. The van der Waals surface area contributed by atoms with E-state index in [2.05, 4.69) is 30.1 Å². The molecule has 10 nitrogen and oxygen atoms in total. The highest BCUT2D eigenvalue weighted by Gasteiger charge is 2.10. The number of ether oxygens (including phenoxy) is 1. The zero-order valence-electron chi connectivity index (χ0n) is 16.2. The van der Waals surface area contributed by atoms with Crippen LogP contribution < -0.4 is 10.0 Å². The van der Waals surface area contributed by atoms with Crippen molar-refractivity contribution >= 4 is 21.7 Å². The molecule has 0 atom stereocenters. The van der Waals surface area contributed by atoms with Crippen LogP contribution in [-0.4, -0.2) is 52.1 Å². The van der Waals surface area contributed by atoms with Crippen LogP contribution in [0.1, 0.15) is 12.6 Å². The molecule has 0 bridgehead atoms. The first-order chi connectivity index (χ1) is 13.9. The molecule has 2 N–H and O–H groups in total. The lowest BCUT2D eigenvalue weighted by atomic mass is 10.2. The van der Waals surface area contributed by atoms with Crippen molar-refractivity contribution in [1.82, 2.24) is 29.5 Å². The van der Waals surface area contributed by atoms with Crippen LogP contribution in [0, 0.1) is 0 Å². The fourth-order valence-electron chi connectivity index (χ4n) is 2.44. The van der Waals surface area contributed by atoms with Gasteiger partial charge in [-0.1, -0.05) is 0 Å². The van der Waals surface area contributed by atoms with Gasteiger partial charge in [-0.3, -0.25) is 9.67 Å². The van der Waals surface area contributed by atoms with E-state index in [1.54, 1.807) is 35.4 Å². The summed E-state index contributed by atoms with van der Waals surface area (Å²) >= 11 is 0. The Morgan fingerprint density at radius 3 is 2.72 bits per heavy atom. The Bertz CT molecular complexity index is 1040. The van der Waals surface area contributed by atoms with Gasteiger partial charge in [-0.05, 0) is 25.1 Å². The van der Waals surface area contributed by atoms with Gasteiger partial charge in [0.1, 0.15) is 0 Å². The summed E-state index contributed by atoms with van der Waals surface area (Å²) in [5.41, 5.74) is 2.89. The Labute approximate surface area is 169 Å². The third kappa shape index (κ3) is 6.31. The van der Waals surface area contributed by atoms with Gasteiger partial charge in [0.2, 0.25) is 16.0 Å². The largest absolute Gasteiger partial charge is 0.381 e. The number of nitrogens with zero attached hydrogens (tertiary/aromatic N) is 5. The summed E-state index contributed by atoms with van der Waals surface area (Å²) in [7, 11) is -1.57. The quantitative estimate of drug-likeness (QED) is 0.475. The lowest BCUT2D eigenvalue weighted by molar-refractivity contribution is 0.163. The number of anilines is 2. The van der Waals surface area contributed by atoms with E-state index in [-0.39, 0.29) is 18.9 Å². The summed E-state index contributed by atoms with van der Waals surface area (Å²) in [6, 6.07) is 5.38. The molecule has 3 aromatic rings. The van der Waals surface area contributed by atoms with Crippen molar-refractivity contribution in [1.29, 1.82) is 0 Å². The van der Waals surface area contributed by atoms with Crippen LogP contribution >= 0.6 is 0 Å². The van der Waals surface area contributed by atoms with Crippen LogP contribution in [0.15, 0.2) is 43.0 Å². The minimum atomic E-state index is -3.40. The maximum atomic E-state index is 11.9. The van der Waals surface area contributed by atoms with Gasteiger partial charge in [-0.15, -0.1) is 0 Å². The van der Waals surface area contributed by atoms with Crippen LogP contribution in [0.5, 0.6) is 0 Å². The molecule has 0 aliphatic rings. The topological polar surface area (TPSA) is 124 Å². The molecule has 0 spiro atoms. The number of aryl methyl sites for hydroxylation is 1. The van der Waals surface area contributed by atoms with Crippen LogP contribution in [0.2, 0.25) is 0 Å². The molecule has 0 aromatic carbocycles. The summed E-state index contributed by atoms with van der Waals surface area (Å²) in [6.07, 6.45) is 6.81. The van der Waals surface area contributed by atoms with Crippen LogP contribution in [-0.2, 0) is 28.4 Å². The van der Waals surface area contributed by atoms with E-state index in [4.69, 9.17) is 4.74 Å². The lowest BCUT2D eigenvalue weighted by Gasteiger charge is -2.08. The third-order valence-electron chi connectivity index (χ3n) is 3.91. The summed E-state index contributed by atoms with van der Waals surface area (Å²) in [6.45, 7) is 2.59. The Balaban J connectivity index is 1.62. The molecule has 29 heavy (non-hydrogen) atoms. The first-order valence-corrected chi connectivity index (χ1v) is 10.7. The van der Waals surface area contributed by atoms with E-state index in [1.165, 1.54) is 0 Å². The van der Waals surface area contributed by atoms with Gasteiger partial charge in [0.05, 0.1) is 42.2 Å². The van der Waals surface area contributed by atoms with Crippen molar-refractivity contribution in [3.63, 3.8) is 0 Å². The van der Waals surface area contributed by atoms with Crippen molar-refractivity contribution in [2.24, 2.45) is 7.05 Å². The van der Waals surface area contributed by atoms with E-state index < -0.39 is 10.0 Å². The summed E-state index contributed by atoms with van der Waals surface area (Å²) in [5.74, 6) is 0.369. The van der Waals surface area contributed by atoms with E-state index in [1.807, 2.05) is 26.2 Å². The summed E-state index contributed by atoms with van der Waals surface area (Å²) < 4.78 is 33.1. The highest BCUT2D eigenvalue weighted by Crippen LogP contribution is 2.18. The SMILES string of the molecule is CCOCCS(=O)(=O)NCc1ccc(-c2ccnc(Nc3cnn(C)c3)n2)cn1. The first kappa shape index (κ1) is 20.8. The lowest BCUT2D eigenvalue weighted by Crippen LogP contribution is -2.28. The minimum absolute atomic E-state index is 0.0768. The molecule has 3 heterocycles. The fourth-order valence-corrected chi connectivity index (χ4v) is 3.29. The predicted octanol–water partition coefficient (Wildman–Crippen LogP) is 1.47. The van der Waals surface area contributed by atoms with Gasteiger partial charge in [-0.25, -0.2) is 23.1 Å². The summed E-state index contributed by atoms with van der Waals surface area (Å²) in [5, 5.41) is 7.18. The Hall–Kier alpha value is -2.89. The number of pyridine rings is 1.